The molecule has 0 aromatic heterocycles. The minimum atomic E-state index is -4.88. The Hall–Kier alpha value is -2.12. The third-order valence-corrected chi connectivity index (χ3v) is 3.20. The molecule has 0 saturated carbocycles. The molecule has 0 amide bonds. The number of esters is 1. The monoisotopic (exact) mass is 333 g/mol. The molecule has 0 bridgehead atoms. The van der Waals surface area contributed by atoms with Crippen molar-refractivity contribution in [1.82, 2.24) is 0 Å². The van der Waals surface area contributed by atoms with Gasteiger partial charge in [-0.15, -0.1) is 0 Å². The lowest BCUT2D eigenvalue weighted by molar-refractivity contribution is -0.388. The van der Waals surface area contributed by atoms with Crippen LogP contribution in [0.4, 0.5) is 18.9 Å². The molecule has 8 heteroatoms. The van der Waals surface area contributed by atoms with Gasteiger partial charge in [0.15, 0.2) is 0 Å². The van der Waals surface area contributed by atoms with Gasteiger partial charge in [0.1, 0.15) is 5.56 Å². The van der Waals surface area contributed by atoms with Crippen LogP contribution in [0.25, 0.3) is 0 Å². The van der Waals surface area contributed by atoms with Gasteiger partial charge < -0.3 is 4.74 Å². The average molecular weight is 333 g/mol. The maximum absolute atomic E-state index is 13.0. The summed E-state index contributed by atoms with van der Waals surface area (Å²) in [6.45, 7) is 5.35. The van der Waals surface area contributed by atoms with Crippen LogP contribution < -0.4 is 0 Å². The van der Waals surface area contributed by atoms with Gasteiger partial charge in [0.2, 0.25) is 0 Å². The van der Waals surface area contributed by atoms with Gasteiger partial charge in [-0.3, -0.25) is 14.9 Å². The number of benzene rings is 1. The molecule has 0 aliphatic heterocycles. The third-order valence-electron chi connectivity index (χ3n) is 3.20. The molecule has 0 heterocycles. The maximum atomic E-state index is 13.0. The van der Waals surface area contributed by atoms with Crippen LogP contribution in [0.5, 0.6) is 0 Å². The van der Waals surface area contributed by atoms with Crippen LogP contribution in [0.2, 0.25) is 0 Å². The molecule has 0 spiro atoms. The molecule has 1 aromatic rings. The molecule has 0 aliphatic rings. The Bertz CT molecular complexity index is 585. The molecule has 23 heavy (non-hydrogen) atoms. The van der Waals surface area contributed by atoms with Crippen molar-refractivity contribution in [2.24, 2.45) is 5.92 Å². The van der Waals surface area contributed by atoms with Crippen molar-refractivity contribution in [2.75, 3.05) is 6.61 Å². The molecule has 0 fully saturated rings. The van der Waals surface area contributed by atoms with E-state index in [-0.39, 0.29) is 24.5 Å². The van der Waals surface area contributed by atoms with E-state index in [1.807, 2.05) is 13.8 Å². The first kappa shape index (κ1) is 18.9. The van der Waals surface area contributed by atoms with Crippen LogP contribution in [-0.2, 0) is 15.7 Å². The van der Waals surface area contributed by atoms with Gasteiger partial charge in [0.25, 0.3) is 5.69 Å². The fourth-order valence-corrected chi connectivity index (χ4v) is 2.24. The number of nitro groups is 1. The molecule has 0 N–H and O–H groups in total. The number of carbonyl (C=O) groups excluding carboxylic acids is 1. The number of alkyl halides is 3. The molecule has 0 saturated heterocycles. The first-order valence-electron chi connectivity index (χ1n) is 7.10. The van der Waals surface area contributed by atoms with Crippen LogP contribution in [0, 0.1) is 16.0 Å². The van der Waals surface area contributed by atoms with E-state index in [2.05, 4.69) is 0 Å². The van der Waals surface area contributed by atoms with E-state index in [0.29, 0.717) is 6.07 Å². The number of halogens is 3. The lowest BCUT2D eigenvalue weighted by Gasteiger charge is -2.19. The van der Waals surface area contributed by atoms with Gasteiger partial charge in [-0.25, -0.2) is 0 Å². The zero-order chi connectivity index (χ0) is 17.8. The predicted octanol–water partition coefficient (Wildman–Crippen LogP) is 4.31. The van der Waals surface area contributed by atoms with Gasteiger partial charge in [0.05, 0.1) is 17.4 Å². The fourth-order valence-electron chi connectivity index (χ4n) is 2.24. The molecule has 1 unspecified atom stereocenters. The van der Waals surface area contributed by atoms with Crippen molar-refractivity contribution < 1.29 is 27.6 Å². The number of hydrogen-bond donors (Lipinski definition) is 0. The summed E-state index contributed by atoms with van der Waals surface area (Å²) < 4.78 is 44.0. The van der Waals surface area contributed by atoms with Crippen molar-refractivity contribution in [3.8, 4) is 0 Å². The van der Waals surface area contributed by atoms with Crippen molar-refractivity contribution in [3.63, 3.8) is 0 Å². The second-order valence-corrected chi connectivity index (χ2v) is 5.47. The van der Waals surface area contributed by atoms with Crippen LogP contribution >= 0.6 is 0 Å². The Morgan fingerprint density at radius 3 is 2.39 bits per heavy atom. The second-order valence-electron chi connectivity index (χ2n) is 5.47. The highest BCUT2D eigenvalue weighted by Gasteiger charge is 2.39. The summed E-state index contributed by atoms with van der Waals surface area (Å²) in [4.78, 5) is 21.7. The normalized spacial score (nSPS) is 13.0. The van der Waals surface area contributed by atoms with E-state index in [1.54, 1.807) is 6.92 Å². The molecule has 1 atom stereocenters. The molecule has 1 rings (SSSR count). The molecule has 0 radical (unpaired) electrons. The van der Waals surface area contributed by atoms with Crippen LogP contribution in [0.3, 0.4) is 0 Å². The highest BCUT2D eigenvalue weighted by Crippen LogP contribution is 2.38. The Balaban J connectivity index is 3.37. The smallest absolute Gasteiger partial charge is 0.423 e. The van der Waals surface area contributed by atoms with Crippen LogP contribution in [-0.4, -0.2) is 17.5 Å². The van der Waals surface area contributed by atoms with Gasteiger partial charge in [-0.1, -0.05) is 19.9 Å². The molecule has 128 valence electrons. The molecule has 0 aliphatic carbocycles. The Morgan fingerprint density at radius 2 is 1.96 bits per heavy atom. The van der Waals surface area contributed by atoms with E-state index in [4.69, 9.17) is 4.74 Å². The Labute approximate surface area is 131 Å². The summed E-state index contributed by atoms with van der Waals surface area (Å²) in [5, 5.41) is 10.8. The Morgan fingerprint density at radius 1 is 1.35 bits per heavy atom. The SMILES string of the molecule is CCOC(=O)C(CC(C)C)c1ccc([N+](=O)[O-])c(C(F)(F)F)c1. The van der Waals surface area contributed by atoms with Gasteiger partial charge in [0, 0.05) is 6.07 Å². The van der Waals surface area contributed by atoms with Crippen LogP contribution in [0.15, 0.2) is 18.2 Å². The summed E-state index contributed by atoms with van der Waals surface area (Å²) >= 11 is 0. The number of nitrogens with zero attached hydrogens (tertiary/aromatic N) is 1. The van der Waals surface area contributed by atoms with Gasteiger partial charge >= 0.3 is 12.1 Å². The number of hydrogen-bond acceptors (Lipinski definition) is 4. The summed E-state index contributed by atoms with van der Waals surface area (Å²) in [6.07, 6.45) is -4.59. The summed E-state index contributed by atoms with van der Waals surface area (Å²) in [5.41, 5.74) is -2.33. The number of carbonyl (C=O) groups is 1. The minimum Gasteiger partial charge on any atom is -0.466 e. The van der Waals surface area contributed by atoms with E-state index in [0.717, 1.165) is 6.07 Å². The van der Waals surface area contributed by atoms with E-state index in [1.165, 1.54) is 6.07 Å². The standard InChI is InChI=1S/C15H18F3NO4/c1-4-23-14(20)11(7-9(2)3)10-5-6-13(19(21)22)12(8-10)15(16,17)18/h5-6,8-9,11H,4,7H2,1-3H3. The summed E-state index contributed by atoms with van der Waals surface area (Å²) in [7, 11) is 0. The maximum Gasteiger partial charge on any atom is 0.423 e. The topological polar surface area (TPSA) is 69.4 Å². The van der Waals surface area contributed by atoms with E-state index in [9.17, 15) is 28.1 Å². The summed E-state index contributed by atoms with van der Waals surface area (Å²) in [6, 6.07) is 2.63. The average Bonchev–Trinajstić information content (AvgIpc) is 2.43. The fraction of sp³-hybridized carbons (Fsp3) is 0.533. The molecular weight excluding hydrogens is 315 g/mol. The molecule has 1 aromatic carbocycles. The quantitative estimate of drug-likeness (QED) is 0.442. The second kappa shape index (κ2) is 7.43. The first-order valence-corrected chi connectivity index (χ1v) is 7.10. The predicted molar refractivity (Wildman–Crippen MR) is 76.9 cm³/mol. The van der Waals surface area contributed by atoms with Crippen molar-refractivity contribution >= 4 is 11.7 Å². The highest BCUT2D eigenvalue weighted by molar-refractivity contribution is 5.78. The third kappa shape index (κ3) is 4.94. The summed E-state index contributed by atoms with van der Waals surface area (Å²) in [5.74, 6) is -1.49. The lowest BCUT2D eigenvalue weighted by atomic mass is 9.89. The number of nitro benzene ring substituents is 1. The van der Waals surface area contributed by atoms with Crippen molar-refractivity contribution in [2.45, 2.75) is 39.3 Å². The zero-order valence-electron chi connectivity index (χ0n) is 13.0. The Kier molecular flexibility index (Phi) is 6.12. The molecular formula is C15H18F3NO4. The zero-order valence-corrected chi connectivity index (χ0v) is 13.0. The van der Waals surface area contributed by atoms with Gasteiger partial charge in [-0.2, -0.15) is 13.2 Å². The van der Waals surface area contributed by atoms with E-state index >= 15 is 0 Å². The lowest BCUT2D eigenvalue weighted by Crippen LogP contribution is -2.19. The minimum absolute atomic E-state index is 0.0361. The highest BCUT2D eigenvalue weighted by atomic mass is 19.4. The van der Waals surface area contributed by atoms with Crippen LogP contribution in [0.1, 0.15) is 44.2 Å². The molecule has 5 nitrogen and oxygen atoms in total. The first-order chi connectivity index (χ1) is 10.6. The number of ether oxygens (including phenoxy) is 1. The van der Waals surface area contributed by atoms with Crippen molar-refractivity contribution in [3.05, 3.63) is 39.4 Å². The van der Waals surface area contributed by atoms with Gasteiger partial charge in [-0.05, 0) is 30.9 Å². The van der Waals surface area contributed by atoms with Crippen molar-refractivity contribution in [1.29, 1.82) is 0 Å². The largest absolute Gasteiger partial charge is 0.466 e. The van der Waals surface area contributed by atoms with E-state index < -0.39 is 34.2 Å². The number of rotatable bonds is 6.